The third-order valence-electron chi connectivity index (χ3n) is 5.74. The maximum absolute atomic E-state index is 12.6. The minimum absolute atomic E-state index is 0.0113. The summed E-state index contributed by atoms with van der Waals surface area (Å²) in [7, 11) is 0. The molecule has 3 rings (SSSR count). The quantitative estimate of drug-likeness (QED) is 0.787. The van der Waals surface area contributed by atoms with Gasteiger partial charge >= 0.3 is 0 Å². The molecule has 6 nitrogen and oxygen atoms in total. The molecule has 1 aliphatic heterocycles. The van der Waals surface area contributed by atoms with Crippen LogP contribution >= 0.6 is 0 Å². The van der Waals surface area contributed by atoms with Gasteiger partial charge in [0.15, 0.2) is 0 Å². The molecule has 1 aromatic rings. The Hall–Kier alpha value is -2.37. The van der Waals surface area contributed by atoms with Crippen LogP contribution in [-0.2, 0) is 20.8 Å². The molecule has 1 aromatic carbocycles. The summed E-state index contributed by atoms with van der Waals surface area (Å²) in [5, 5.41) is 5.89. The molecule has 1 atom stereocenters. The molecule has 0 spiro atoms. The molecule has 1 heterocycles. The molecular weight excluding hydrogens is 354 g/mol. The SMILES string of the molecule is O=C(Cc1ccccc1)NCC(=O)N1CCCC(C(=O)NC2CCCCC2)C1. The van der Waals surface area contributed by atoms with E-state index in [2.05, 4.69) is 10.6 Å². The molecule has 1 saturated heterocycles. The van der Waals surface area contributed by atoms with Crippen molar-refractivity contribution in [2.75, 3.05) is 19.6 Å². The molecular formula is C22H31N3O3. The van der Waals surface area contributed by atoms with Gasteiger partial charge in [-0.2, -0.15) is 0 Å². The van der Waals surface area contributed by atoms with Crippen molar-refractivity contribution in [1.29, 1.82) is 0 Å². The van der Waals surface area contributed by atoms with E-state index in [4.69, 9.17) is 0 Å². The number of amides is 3. The van der Waals surface area contributed by atoms with Crippen LogP contribution in [0.3, 0.4) is 0 Å². The van der Waals surface area contributed by atoms with Crippen molar-refractivity contribution in [3.05, 3.63) is 35.9 Å². The Morgan fingerprint density at radius 1 is 0.964 bits per heavy atom. The zero-order valence-corrected chi connectivity index (χ0v) is 16.5. The van der Waals surface area contributed by atoms with E-state index in [1.54, 1.807) is 4.90 Å². The van der Waals surface area contributed by atoms with Crippen LogP contribution in [0.15, 0.2) is 30.3 Å². The first-order chi connectivity index (χ1) is 13.6. The molecule has 2 fully saturated rings. The lowest BCUT2D eigenvalue weighted by molar-refractivity contribution is -0.136. The first kappa shape index (κ1) is 20.4. The molecule has 0 aromatic heterocycles. The molecule has 28 heavy (non-hydrogen) atoms. The van der Waals surface area contributed by atoms with Crippen molar-refractivity contribution in [2.45, 2.75) is 57.4 Å². The highest BCUT2D eigenvalue weighted by Crippen LogP contribution is 2.20. The highest BCUT2D eigenvalue weighted by molar-refractivity contribution is 5.86. The summed E-state index contributed by atoms with van der Waals surface area (Å²) in [5.74, 6) is -0.336. The Balaban J connectivity index is 1.42. The van der Waals surface area contributed by atoms with Crippen molar-refractivity contribution < 1.29 is 14.4 Å². The zero-order valence-electron chi connectivity index (χ0n) is 16.5. The number of hydrogen-bond acceptors (Lipinski definition) is 3. The summed E-state index contributed by atoms with van der Waals surface area (Å²) in [6.45, 7) is 1.09. The predicted octanol–water partition coefficient (Wildman–Crippen LogP) is 2.03. The molecule has 0 bridgehead atoms. The van der Waals surface area contributed by atoms with Gasteiger partial charge in [-0.1, -0.05) is 49.6 Å². The third kappa shape index (κ3) is 6.08. The maximum Gasteiger partial charge on any atom is 0.241 e. The minimum atomic E-state index is -0.164. The van der Waals surface area contributed by atoms with E-state index >= 15 is 0 Å². The fourth-order valence-corrected chi connectivity index (χ4v) is 4.11. The number of hydrogen-bond donors (Lipinski definition) is 2. The van der Waals surface area contributed by atoms with Gasteiger partial charge in [0.05, 0.1) is 18.9 Å². The molecule has 0 radical (unpaired) electrons. The van der Waals surface area contributed by atoms with Gasteiger partial charge < -0.3 is 15.5 Å². The van der Waals surface area contributed by atoms with Crippen LogP contribution in [0.25, 0.3) is 0 Å². The van der Waals surface area contributed by atoms with Crippen LogP contribution in [0, 0.1) is 5.92 Å². The number of likely N-dealkylation sites (tertiary alicyclic amines) is 1. The second-order valence-corrected chi connectivity index (χ2v) is 7.96. The van der Waals surface area contributed by atoms with Crippen LogP contribution in [0.2, 0.25) is 0 Å². The van der Waals surface area contributed by atoms with Crippen LogP contribution in [-0.4, -0.2) is 48.3 Å². The van der Waals surface area contributed by atoms with Crippen LogP contribution in [0.4, 0.5) is 0 Å². The summed E-state index contributed by atoms with van der Waals surface area (Å²) < 4.78 is 0. The maximum atomic E-state index is 12.6. The van der Waals surface area contributed by atoms with E-state index in [1.165, 1.54) is 19.3 Å². The van der Waals surface area contributed by atoms with Gasteiger partial charge in [-0.05, 0) is 31.2 Å². The number of nitrogens with zero attached hydrogens (tertiary/aromatic N) is 1. The number of rotatable bonds is 6. The van der Waals surface area contributed by atoms with Crippen molar-refractivity contribution in [3.8, 4) is 0 Å². The summed E-state index contributed by atoms with van der Waals surface area (Å²) in [6.07, 6.45) is 7.67. The number of carbonyl (C=O) groups is 3. The van der Waals surface area contributed by atoms with Gasteiger partial charge in [0.25, 0.3) is 0 Å². The fraction of sp³-hybridized carbons (Fsp3) is 0.591. The van der Waals surface area contributed by atoms with E-state index in [-0.39, 0.29) is 36.6 Å². The van der Waals surface area contributed by atoms with Crippen molar-refractivity contribution in [1.82, 2.24) is 15.5 Å². The number of piperidine rings is 1. The Labute approximate surface area is 167 Å². The van der Waals surface area contributed by atoms with Crippen molar-refractivity contribution in [3.63, 3.8) is 0 Å². The second-order valence-electron chi connectivity index (χ2n) is 7.96. The molecule has 1 aliphatic carbocycles. The normalized spacial score (nSPS) is 20.4. The van der Waals surface area contributed by atoms with Crippen molar-refractivity contribution in [2.24, 2.45) is 5.92 Å². The second kappa shape index (κ2) is 10.2. The van der Waals surface area contributed by atoms with Crippen molar-refractivity contribution >= 4 is 17.7 Å². The van der Waals surface area contributed by atoms with Gasteiger partial charge in [-0.25, -0.2) is 0 Å². The molecule has 1 saturated carbocycles. The van der Waals surface area contributed by atoms with Gasteiger partial charge in [0.2, 0.25) is 17.7 Å². The third-order valence-corrected chi connectivity index (χ3v) is 5.74. The average Bonchev–Trinajstić information content (AvgIpc) is 2.73. The van der Waals surface area contributed by atoms with E-state index in [0.29, 0.717) is 19.1 Å². The van der Waals surface area contributed by atoms with E-state index < -0.39 is 0 Å². The van der Waals surface area contributed by atoms with E-state index in [0.717, 1.165) is 31.2 Å². The summed E-state index contributed by atoms with van der Waals surface area (Å²) in [6, 6.07) is 9.76. The van der Waals surface area contributed by atoms with E-state index in [9.17, 15) is 14.4 Å². The van der Waals surface area contributed by atoms with Gasteiger partial charge in [-0.15, -0.1) is 0 Å². The molecule has 2 aliphatic rings. The zero-order chi connectivity index (χ0) is 19.8. The topological polar surface area (TPSA) is 78.5 Å². The Bertz CT molecular complexity index is 671. The molecule has 1 unspecified atom stereocenters. The average molecular weight is 386 g/mol. The molecule has 3 amide bonds. The smallest absolute Gasteiger partial charge is 0.241 e. The molecule has 152 valence electrons. The highest BCUT2D eigenvalue weighted by Gasteiger charge is 2.29. The summed E-state index contributed by atoms with van der Waals surface area (Å²) >= 11 is 0. The lowest BCUT2D eigenvalue weighted by Gasteiger charge is -2.33. The highest BCUT2D eigenvalue weighted by atomic mass is 16.2. The summed E-state index contributed by atoms with van der Waals surface area (Å²) in [4.78, 5) is 38.8. The number of benzene rings is 1. The van der Waals surface area contributed by atoms with E-state index in [1.807, 2.05) is 30.3 Å². The molecule has 2 N–H and O–H groups in total. The van der Waals surface area contributed by atoms with Gasteiger partial charge in [0, 0.05) is 19.1 Å². The van der Waals surface area contributed by atoms with Gasteiger partial charge in [-0.3, -0.25) is 14.4 Å². The Morgan fingerprint density at radius 3 is 2.46 bits per heavy atom. The monoisotopic (exact) mass is 385 g/mol. The molecule has 6 heteroatoms. The minimum Gasteiger partial charge on any atom is -0.353 e. The Morgan fingerprint density at radius 2 is 1.71 bits per heavy atom. The summed E-state index contributed by atoms with van der Waals surface area (Å²) in [5.41, 5.74) is 0.921. The standard InChI is InChI=1S/C22H31N3O3/c26-20(14-17-8-3-1-4-9-17)23-15-21(27)25-13-7-10-18(16-25)22(28)24-19-11-5-2-6-12-19/h1,3-4,8-9,18-19H,2,5-7,10-16H2,(H,23,26)(H,24,28). The van der Waals surface area contributed by atoms with Crippen LogP contribution in [0.1, 0.15) is 50.5 Å². The first-order valence-corrected chi connectivity index (χ1v) is 10.5. The van der Waals surface area contributed by atoms with Gasteiger partial charge in [0.1, 0.15) is 0 Å². The predicted molar refractivity (Wildman–Crippen MR) is 107 cm³/mol. The number of carbonyl (C=O) groups excluding carboxylic acids is 3. The largest absolute Gasteiger partial charge is 0.353 e. The first-order valence-electron chi connectivity index (χ1n) is 10.5. The number of nitrogens with one attached hydrogen (secondary N) is 2. The lowest BCUT2D eigenvalue weighted by Crippen LogP contribution is -2.50. The Kier molecular flexibility index (Phi) is 7.46. The van der Waals surface area contributed by atoms with Crippen LogP contribution < -0.4 is 10.6 Å². The lowest BCUT2D eigenvalue weighted by atomic mass is 9.93. The fourth-order valence-electron chi connectivity index (χ4n) is 4.11. The van der Waals surface area contributed by atoms with Crippen LogP contribution in [0.5, 0.6) is 0 Å².